The van der Waals surface area contributed by atoms with Crippen LogP contribution in [0.25, 0.3) is 0 Å². The molecule has 0 radical (unpaired) electrons. The first-order valence-corrected chi connectivity index (χ1v) is 14.3. The van der Waals surface area contributed by atoms with Crippen LogP contribution in [0.5, 0.6) is 5.75 Å². The average Bonchev–Trinajstić information content (AvgIpc) is 2.76. The molecular formula is C23H38F5OP. The van der Waals surface area contributed by atoms with Crippen molar-refractivity contribution in [3.63, 3.8) is 0 Å². The maximum atomic E-state index is 14.6. The number of benzene rings is 1. The van der Waals surface area contributed by atoms with E-state index in [0.29, 0.717) is 24.6 Å². The Morgan fingerprint density at radius 3 is 1.20 bits per heavy atom. The first kappa shape index (κ1) is 27.1. The van der Waals surface area contributed by atoms with Gasteiger partial charge in [-0.05, 0) is 0 Å². The summed E-state index contributed by atoms with van der Waals surface area (Å²) in [5, 5.41) is 0. The zero-order valence-electron chi connectivity index (χ0n) is 18.9. The summed E-state index contributed by atoms with van der Waals surface area (Å²) in [7, 11) is 0. The second-order valence-electron chi connectivity index (χ2n) is 8.51. The summed E-state index contributed by atoms with van der Waals surface area (Å²) >= 11 is 0. The molecule has 0 saturated carbocycles. The molecule has 0 aromatic heterocycles. The molecule has 0 fully saturated rings. The van der Waals surface area contributed by atoms with Gasteiger partial charge in [0.1, 0.15) is 0 Å². The van der Waals surface area contributed by atoms with Crippen molar-refractivity contribution in [3.05, 3.63) is 29.1 Å². The van der Waals surface area contributed by atoms with E-state index in [1.165, 1.54) is 0 Å². The normalized spacial score (nSPS) is 13.3. The molecule has 0 aliphatic carbocycles. The fourth-order valence-corrected chi connectivity index (χ4v) is 11.0. The quantitative estimate of drug-likeness (QED) is 0.0842. The minimum absolute atomic E-state index is 0.658. The van der Waals surface area contributed by atoms with Gasteiger partial charge in [-0.15, -0.1) is 0 Å². The van der Waals surface area contributed by atoms with E-state index in [4.69, 9.17) is 4.52 Å². The molecule has 0 amide bonds. The Morgan fingerprint density at radius 1 is 0.500 bits per heavy atom. The van der Waals surface area contributed by atoms with Crippen LogP contribution in [0.4, 0.5) is 22.0 Å². The summed E-state index contributed by atoms with van der Waals surface area (Å²) in [5.41, 5.74) is 0. The number of hydrogen-bond acceptors (Lipinski definition) is 1. The fraction of sp³-hybridized carbons (Fsp3) is 0.739. The molecule has 1 aromatic carbocycles. The Morgan fingerprint density at radius 2 is 0.833 bits per heavy atom. The van der Waals surface area contributed by atoms with Crippen molar-refractivity contribution in [2.75, 3.05) is 24.6 Å². The predicted octanol–water partition coefficient (Wildman–Crippen LogP) is 8.82. The molecule has 0 atom stereocenters. The van der Waals surface area contributed by atoms with Crippen LogP contribution in [0, 0.1) is 29.1 Å². The van der Waals surface area contributed by atoms with Crippen LogP contribution in [0.3, 0.4) is 0 Å². The molecule has 30 heavy (non-hydrogen) atoms. The standard InChI is InChI=1S/C23H38F5OP/c1-5-9-13-17-30(14-10-6-2,15-11-7-3,16-12-8-4)29-23-21(27)19(25)18(24)20(26)22(23)28/h5-17H2,1-4H3. The molecule has 0 saturated heterocycles. The van der Waals surface area contributed by atoms with Gasteiger partial charge in [0.05, 0.1) is 0 Å². The van der Waals surface area contributed by atoms with E-state index in [9.17, 15) is 22.0 Å². The van der Waals surface area contributed by atoms with Crippen LogP contribution >= 0.6 is 6.83 Å². The predicted molar refractivity (Wildman–Crippen MR) is 117 cm³/mol. The summed E-state index contributed by atoms with van der Waals surface area (Å²) in [6.07, 6.45) is 10.5. The molecule has 0 aliphatic rings. The molecule has 0 aliphatic heterocycles. The van der Waals surface area contributed by atoms with E-state index < -0.39 is 41.7 Å². The van der Waals surface area contributed by atoms with Crippen LogP contribution in [0.15, 0.2) is 0 Å². The molecular weight excluding hydrogens is 418 g/mol. The maximum absolute atomic E-state index is 14.6. The zero-order valence-corrected chi connectivity index (χ0v) is 19.8. The molecule has 0 N–H and O–H groups in total. The van der Waals surface area contributed by atoms with Gasteiger partial charge in [-0.1, -0.05) is 0 Å². The number of halogens is 5. The van der Waals surface area contributed by atoms with Crippen LogP contribution in [0.2, 0.25) is 0 Å². The summed E-state index contributed by atoms with van der Waals surface area (Å²) in [5.74, 6) is -10.8. The third-order valence-electron chi connectivity index (χ3n) is 6.08. The van der Waals surface area contributed by atoms with E-state index in [1.807, 2.05) is 20.8 Å². The number of unbranched alkanes of at least 4 members (excludes halogenated alkanes) is 5. The molecule has 1 rings (SSSR count). The second kappa shape index (κ2) is 12.2. The summed E-state index contributed by atoms with van der Waals surface area (Å²) in [6.45, 7) is 4.93. The minimum atomic E-state index is -3.25. The molecule has 1 aromatic rings. The monoisotopic (exact) mass is 456 g/mol. The molecule has 0 spiro atoms. The summed E-state index contributed by atoms with van der Waals surface area (Å²) in [4.78, 5) is 0. The van der Waals surface area contributed by atoms with E-state index in [2.05, 4.69) is 6.92 Å². The van der Waals surface area contributed by atoms with Crippen molar-refractivity contribution in [3.8, 4) is 5.75 Å². The van der Waals surface area contributed by atoms with Crippen molar-refractivity contribution >= 4 is 6.83 Å². The number of hydrogen-bond donors (Lipinski definition) is 0. The van der Waals surface area contributed by atoms with E-state index in [-0.39, 0.29) is 0 Å². The van der Waals surface area contributed by atoms with Crippen molar-refractivity contribution in [1.29, 1.82) is 0 Å². The van der Waals surface area contributed by atoms with Gasteiger partial charge in [-0.3, -0.25) is 0 Å². The Hall–Kier alpha value is -0.900. The van der Waals surface area contributed by atoms with Crippen LogP contribution in [-0.4, -0.2) is 24.6 Å². The van der Waals surface area contributed by atoms with Gasteiger partial charge in [0.25, 0.3) is 0 Å². The third kappa shape index (κ3) is 6.31. The number of rotatable bonds is 15. The van der Waals surface area contributed by atoms with Gasteiger partial charge in [-0.2, -0.15) is 0 Å². The van der Waals surface area contributed by atoms with Crippen molar-refractivity contribution in [1.82, 2.24) is 0 Å². The fourth-order valence-electron chi connectivity index (χ4n) is 4.21. The molecule has 0 heterocycles. The average molecular weight is 457 g/mol. The SMILES string of the molecule is CCCCCP(CCCC)(CCCC)(CCCC)Oc1c(F)c(F)c(F)c(F)c1F. The molecule has 176 valence electrons. The van der Waals surface area contributed by atoms with Gasteiger partial charge >= 0.3 is 178 Å². The third-order valence-corrected chi connectivity index (χ3v) is 12.6. The Balaban J connectivity index is 3.66. The van der Waals surface area contributed by atoms with Gasteiger partial charge < -0.3 is 0 Å². The van der Waals surface area contributed by atoms with Crippen molar-refractivity contribution in [2.24, 2.45) is 0 Å². The molecule has 7 heteroatoms. The van der Waals surface area contributed by atoms with Crippen molar-refractivity contribution < 1.29 is 26.5 Å². The second-order valence-corrected chi connectivity index (χ2v) is 14.2. The Labute approximate surface area is 178 Å². The first-order chi connectivity index (χ1) is 14.2. The van der Waals surface area contributed by atoms with Gasteiger partial charge in [0, 0.05) is 0 Å². The van der Waals surface area contributed by atoms with Crippen LogP contribution in [-0.2, 0) is 0 Å². The molecule has 0 unspecified atom stereocenters. The molecule has 0 bridgehead atoms. The van der Waals surface area contributed by atoms with E-state index >= 15 is 0 Å². The van der Waals surface area contributed by atoms with Gasteiger partial charge in [-0.25, -0.2) is 0 Å². The van der Waals surface area contributed by atoms with E-state index in [0.717, 1.165) is 57.8 Å². The summed E-state index contributed by atoms with van der Waals surface area (Å²) < 4.78 is 77.0. The first-order valence-electron chi connectivity index (χ1n) is 11.4. The van der Waals surface area contributed by atoms with Crippen LogP contribution in [0.1, 0.15) is 85.5 Å². The zero-order chi connectivity index (χ0) is 22.8. The Kier molecular flexibility index (Phi) is 11.0. The molecule has 1 nitrogen and oxygen atoms in total. The van der Waals surface area contributed by atoms with E-state index in [1.54, 1.807) is 0 Å². The topological polar surface area (TPSA) is 9.23 Å². The van der Waals surface area contributed by atoms with Crippen LogP contribution < -0.4 is 4.52 Å². The summed E-state index contributed by atoms with van der Waals surface area (Å²) in [6, 6.07) is 0. The van der Waals surface area contributed by atoms with Gasteiger partial charge in [0.2, 0.25) is 0 Å². The van der Waals surface area contributed by atoms with Crippen molar-refractivity contribution in [2.45, 2.75) is 85.5 Å². The van der Waals surface area contributed by atoms with Gasteiger partial charge in [0.15, 0.2) is 0 Å². The Bertz CT molecular complexity index is 627.